The normalized spacial score (nSPS) is 12.9. The lowest BCUT2D eigenvalue weighted by atomic mass is 10.0. The lowest BCUT2D eigenvalue weighted by Gasteiger charge is -2.27. The van der Waals surface area contributed by atoms with Gasteiger partial charge in [0.1, 0.15) is 11.5 Å². The van der Waals surface area contributed by atoms with Gasteiger partial charge < -0.3 is 15.0 Å². The second kappa shape index (κ2) is 12.6. The molecule has 2 amide bonds. The molecule has 3 aromatic rings. The number of hydrogen-bond acceptors (Lipinski definition) is 8. The van der Waals surface area contributed by atoms with Crippen molar-refractivity contribution in [2.45, 2.75) is 32.2 Å². The molecular formula is C27H31N7O5S. The third kappa shape index (κ3) is 6.95. The van der Waals surface area contributed by atoms with Crippen LogP contribution in [0.2, 0.25) is 0 Å². The quantitative estimate of drug-likeness (QED) is 0.316. The van der Waals surface area contributed by atoms with Gasteiger partial charge in [-0.1, -0.05) is 24.6 Å². The van der Waals surface area contributed by atoms with Crippen LogP contribution in [-0.4, -0.2) is 65.8 Å². The molecule has 0 saturated carbocycles. The van der Waals surface area contributed by atoms with Gasteiger partial charge >= 0.3 is 0 Å². The van der Waals surface area contributed by atoms with Crippen LogP contribution >= 0.6 is 0 Å². The zero-order valence-electron chi connectivity index (χ0n) is 22.4. The first kappa shape index (κ1) is 28.6. The second-order valence-electron chi connectivity index (χ2n) is 9.38. The molecule has 13 heteroatoms. The maximum atomic E-state index is 13.2. The van der Waals surface area contributed by atoms with Crippen molar-refractivity contribution in [2.75, 3.05) is 30.7 Å². The van der Waals surface area contributed by atoms with Gasteiger partial charge in [0.2, 0.25) is 15.9 Å². The summed E-state index contributed by atoms with van der Waals surface area (Å²) in [4.78, 5) is 31.8. The van der Waals surface area contributed by atoms with Crippen molar-refractivity contribution in [1.29, 1.82) is 5.26 Å². The molecule has 1 aliphatic heterocycles. The molecule has 0 aliphatic carbocycles. The second-order valence-corrected chi connectivity index (χ2v) is 11.2. The number of nitrogens with zero attached hydrogens (tertiary/aromatic N) is 5. The van der Waals surface area contributed by atoms with Gasteiger partial charge in [0, 0.05) is 38.3 Å². The van der Waals surface area contributed by atoms with E-state index in [9.17, 15) is 18.0 Å². The van der Waals surface area contributed by atoms with Crippen molar-refractivity contribution < 1.29 is 22.7 Å². The van der Waals surface area contributed by atoms with E-state index in [1.54, 1.807) is 54.4 Å². The summed E-state index contributed by atoms with van der Waals surface area (Å²) in [5, 5.41) is 16.1. The SMILES string of the molecule is COc1cccc(NS(=O)(=O)CCCCCN2CCc3c(C(=O)NCc4ccc(C#N)cc4)nn(C)c3C2=O)n1. The molecule has 2 aromatic heterocycles. The van der Waals surface area contributed by atoms with Crippen molar-refractivity contribution in [3.8, 4) is 11.9 Å². The Hall–Kier alpha value is -4.44. The number of pyridine rings is 1. The molecule has 0 fully saturated rings. The number of nitriles is 1. The molecule has 0 atom stereocenters. The number of amides is 2. The fourth-order valence-corrected chi connectivity index (χ4v) is 5.61. The Kier molecular flexibility index (Phi) is 9.00. The molecule has 0 unspecified atom stereocenters. The summed E-state index contributed by atoms with van der Waals surface area (Å²) in [6.07, 6.45) is 2.20. The Morgan fingerprint density at radius 3 is 2.65 bits per heavy atom. The summed E-state index contributed by atoms with van der Waals surface area (Å²) >= 11 is 0. The van der Waals surface area contributed by atoms with Crippen LogP contribution in [0.25, 0.3) is 0 Å². The van der Waals surface area contributed by atoms with Gasteiger partial charge in [0.05, 0.1) is 24.5 Å². The van der Waals surface area contributed by atoms with Crippen LogP contribution in [0.1, 0.15) is 56.9 Å². The summed E-state index contributed by atoms with van der Waals surface area (Å²) in [6.45, 7) is 1.21. The van der Waals surface area contributed by atoms with Gasteiger partial charge in [0.25, 0.3) is 11.8 Å². The first-order valence-electron chi connectivity index (χ1n) is 12.8. The van der Waals surface area contributed by atoms with Crippen molar-refractivity contribution in [1.82, 2.24) is 25.0 Å². The standard InChI is InChI=1S/C27H31N7O5S/c1-33-25-21(24(31-33)26(35)29-18-20-11-9-19(17-28)10-12-20)13-15-34(27(25)36)14-4-3-5-16-40(37,38)32-22-7-6-8-23(30-22)39-2/h6-12H,3-5,13-16,18H2,1-2H3,(H,29,35)(H,30,32). The molecule has 4 rings (SSSR count). The number of benzene rings is 1. The molecule has 1 aromatic carbocycles. The summed E-state index contributed by atoms with van der Waals surface area (Å²) < 4.78 is 33.7. The lowest BCUT2D eigenvalue weighted by Crippen LogP contribution is -2.39. The first-order valence-corrected chi connectivity index (χ1v) is 14.5. The zero-order valence-corrected chi connectivity index (χ0v) is 23.2. The van der Waals surface area contributed by atoms with E-state index in [2.05, 4.69) is 26.2 Å². The monoisotopic (exact) mass is 565 g/mol. The minimum Gasteiger partial charge on any atom is -0.481 e. The van der Waals surface area contributed by atoms with Crippen LogP contribution in [0.15, 0.2) is 42.5 Å². The number of carbonyl (C=O) groups excluding carboxylic acids is 2. The molecule has 0 radical (unpaired) electrons. The Labute approximate surface area is 233 Å². The van der Waals surface area contributed by atoms with Gasteiger partial charge in [-0.15, -0.1) is 0 Å². The number of nitrogens with one attached hydrogen (secondary N) is 2. The third-order valence-electron chi connectivity index (χ3n) is 6.55. The van der Waals surface area contributed by atoms with Crippen LogP contribution in [0.5, 0.6) is 5.88 Å². The number of anilines is 1. The van der Waals surface area contributed by atoms with Crippen LogP contribution < -0.4 is 14.8 Å². The van der Waals surface area contributed by atoms with Crippen LogP contribution in [0.4, 0.5) is 5.82 Å². The average Bonchev–Trinajstić information content (AvgIpc) is 3.29. The Morgan fingerprint density at radius 1 is 1.15 bits per heavy atom. The molecule has 0 spiro atoms. The van der Waals surface area contributed by atoms with Gasteiger partial charge in [-0.3, -0.25) is 19.0 Å². The lowest BCUT2D eigenvalue weighted by molar-refractivity contribution is 0.0725. The van der Waals surface area contributed by atoms with E-state index in [-0.39, 0.29) is 35.6 Å². The number of aryl methyl sites for hydroxylation is 1. The van der Waals surface area contributed by atoms with Crippen LogP contribution in [0, 0.1) is 11.3 Å². The fourth-order valence-electron chi connectivity index (χ4n) is 4.50. The smallest absolute Gasteiger partial charge is 0.272 e. The molecule has 12 nitrogen and oxygen atoms in total. The van der Waals surface area contributed by atoms with E-state index in [1.807, 2.05) is 0 Å². The van der Waals surface area contributed by atoms with E-state index in [0.29, 0.717) is 61.5 Å². The molecule has 0 saturated heterocycles. The zero-order chi connectivity index (χ0) is 28.7. The van der Waals surface area contributed by atoms with E-state index in [0.717, 1.165) is 5.56 Å². The highest BCUT2D eigenvalue weighted by atomic mass is 32.2. The first-order chi connectivity index (χ1) is 19.2. The molecule has 2 N–H and O–H groups in total. The van der Waals surface area contributed by atoms with Crippen molar-refractivity contribution in [2.24, 2.45) is 7.05 Å². The molecule has 1 aliphatic rings. The van der Waals surface area contributed by atoms with Crippen LogP contribution in [-0.2, 0) is 30.0 Å². The molecule has 210 valence electrons. The maximum Gasteiger partial charge on any atom is 0.272 e. The summed E-state index contributed by atoms with van der Waals surface area (Å²) in [5.41, 5.74) is 2.65. The molecule has 3 heterocycles. The van der Waals surface area contributed by atoms with E-state index >= 15 is 0 Å². The van der Waals surface area contributed by atoms with Crippen molar-refractivity contribution in [3.63, 3.8) is 0 Å². The van der Waals surface area contributed by atoms with Crippen LogP contribution in [0.3, 0.4) is 0 Å². The Morgan fingerprint density at radius 2 is 1.93 bits per heavy atom. The summed E-state index contributed by atoms with van der Waals surface area (Å²) in [5.74, 6) is -0.0966. The Bertz CT molecular complexity index is 1530. The van der Waals surface area contributed by atoms with Crippen molar-refractivity contribution in [3.05, 3.63) is 70.5 Å². The number of fused-ring (bicyclic) bond motifs is 1. The van der Waals surface area contributed by atoms with E-state index in [1.165, 1.54) is 11.8 Å². The van der Waals surface area contributed by atoms with Gasteiger partial charge in [-0.05, 0) is 43.0 Å². The fraction of sp³-hybridized carbons (Fsp3) is 0.370. The number of methoxy groups -OCH3 is 1. The highest BCUT2D eigenvalue weighted by Crippen LogP contribution is 2.23. The predicted molar refractivity (Wildman–Crippen MR) is 147 cm³/mol. The van der Waals surface area contributed by atoms with Gasteiger partial charge in [-0.25, -0.2) is 8.42 Å². The number of hydrogen-bond donors (Lipinski definition) is 2. The van der Waals surface area contributed by atoms with Crippen molar-refractivity contribution >= 4 is 27.7 Å². The van der Waals surface area contributed by atoms with Gasteiger partial charge in [-0.2, -0.15) is 15.3 Å². The number of ether oxygens (including phenoxy) is 1. The summed E-state index contributed by atoms with van der Waals surface area (Å²) in [7, 11) is -0.460. The number of unbranched alkanes of at least 4 members (excludes halogenated alkanes) is 2. The van der Waals surface area contributed by atoms with E-state index < -0.39 is 10.0 Å². The highest BCUT2D eigenvalue weighted by molar-refractivity contribution is 7.92. The minimum atomic E-state index is -3.56. The average molecular weight is 566 g/mol. The largest absolute Gasteiger partial charge is 0.481 e. The Balaban J connectivity index is 1.26. The van der Waals surface area contributed by atoms with Gasteiger partial charge in [0.15, 0.2) is 5.69 Å². The number of sulfonamides is 1. The molecular weight excluding hydrogens is 534 g/mol. The van der Waals surface area contributed by atoms with E-state index in [4.69, 9.17) is 10.00 Å². The topological polar surface area (TPSA) is 159 Å². The third-order valence-corrected chi connectivity index (χ3v) is 7.90. The number of carbonyl (C=O) groups is 2. The predicted octanol–water partition coefficient (Wildman–Crippen LogP) is 2.24. The molecule has 40 heavy (non-hydrogen) atoms. The maximum absolute atomic E-state index is 13.2. The number of aromatic nitrogens is 3. The highest BCUT2D eigenvalue weighted by Gasteiger charge is 2.32. The minimum absolute atomic E-state index is 0.0628. The number of rotatable bonds is 12. The molecule has 0 bridgehead atoms. The summed E-state index contributed by atoms with van der Waals surface area (Å²) in [6, 6.07) is 13.8.